The fraction of sp³-hybridized carbons (Fsp3) is 0.0800. The van der Waals surface area contributed by atoms with Crippen LogP contribution in [0, 0.1) is 18.3 Å². The molecule has 3 aromatic carbocycles. The number of para-hydroxylation sites is 1. The van der Waals surface area contributed by atoms with Crippen molar-refractivity contribution >= 4 is 5.91 Å². The molecule has 0 fully saturated rings. The Morgan fingerprint density at radius 2 is 1.70 bits per heavy atom. The summed E-state index contributed by atoms with van der Waals surface area (Å²) >= 11 is 0. The normalized spacial score (nSPS) is 10.4. The smallest absolute Gasteiger partial charge is 0.255 e. The molecule has 5 heteroatoms. The number of rotatable bonds is 5. The van der Waals surface area contributed by atoms with E-state index in [1.807, 2.05) is 73.7 Å². The topological polar surface area (TPSA) is 70.7 Å². The van der Waals surface area contributed by atoms with Crippen LogP contribution in [-0.4, -0.2) is 15.7 Å². The lowest BCUT2D eigenvalue weighted by molar-refractivity contribution is 0.0951. The van der Waals surface area contributed by atoms with Gasteiger partial charge in [-0.15, -0.1) is 0 Å². The van der Waals surface area contributed by atoms with Gasteiger partial charge in [-0.3, -0.25) is 4.79 Å². The van der Waals surface area contributed by atoms with Crippen molar-refractivity contribution in [2.75, 3.05) is 0 Å². The molecule has 0 atom stereocenters. The molecule has 0 saturated carbocycles. The highest BCUT2D eigenvalue weighted by atomic mass is 16.1. The first-order valence-electron chi connectivity index (χ1n) is 9.64. The fourth-order valence-corrected chi connectivity index (χ4v) is 3.27. The Hall–Kier alpha value is -4.17. The van der Waals surface area contributed by atoms with E-state index in [4.69, 9.17) is 10.4 Å². The average Bonchev–Trinajstić information content (AvgIpc) is 3.24. The van der Waals surface area contributed by atoms with Crippen LogP contribution >= 0.6 is 0 Å². The molecule has 0 saturated heterocycles. The van der Waals surface area contributed by atoms with Gasteiger partial charge in [-0.05, 0) is 42.3 Å². The molecule has 1 heterocycles. The first kappa shape index (κ1) is 19.2. The largest absolute Gasteiger partial charge is 0.348 e. The third-order valence-corrected chi connectivity index (χ3v) is 4.92. The predicted molar refractivity (Wildman–Crippen MR) is 116 cm³/mol. The molecule has 0 radical (unpaired) electrons. The Kier molecular flexibility index (Phi) is 5.40. The van der Waals surface area contributed by atoms with E-state index in [9.17, 15) is 4.79 Å². The fourth-order valence-electron chi connectivity index (χ4n) is 3.27. The molecule has 0 unspecified atom stereocenters. The summed E-state index contributed by atoms with van der Waals surface area (Å²) in [7, 11) is 0. The zero-order valence-electron chi connectivity index (χ0n) is 16.5. The van der Waals surface area contributed by atoms with Crippen LogP contribution in [0.15, 0.2) is 85.1 Å². The van der Waals surface area contributed by atoms with Gasteiger partial charge in [0.05, 0.1) is 22.9 Å². The maximum Gasteiger partial charge on any atom is 0.255 e. The van der Waals surface area contributed by atoms with Crippen molar-refractivity contribution < 1.29 is 4.79 Å². The van der Waals surface area contributed by atoms with E-state index in [0.717, 1.165) is 22.4 Å². The van der Waals surface area contributed by atoms with Gasteiger partial charge in [0.25, 0.3) is 5.91 Å². The van der Waals surface area contributed by atoms with E-state index in [2.05, 4.69) is 11.4 Å². The molecule has 4 rings (SSSR count). The van der Waals surface area contributed by atoms with E-state index < -0.39 is 0 Å². The van der Waals surface area contributed by atoms with Crippen LogP contribution in [0.1, 0.15) is 27.0 Å². The number of carbonyl (C=O) groups excluding carboxylic acids is 1. The highest BCUT2D eigenvalue weighted by Crippen LogP contribution is 2.26. The Morgan fingerprint density at radius 1 is 1.00 bits per heavy atom. The number of aromatic nitrogens is 2. The first-order valence-corrected chi connectivity index (χ1v) is 9.64. The molecule has 0 aliphatic heterocycles. The molecule has 5 nitrogen and oxygen atoms in total. The van der Waals surface area contributed by atoms with Gasteiger partial charge in [-0.2, -0.15) is 10.4 Å². The van der Waals surface area contributed by atoms with Crippen molar-refractivity contribution in [3.05, 3.63) is 107 Å². The van der Waals surface area contributed by atoms with Crippen molar-refractivity contribution in [1.29, 1.82) is 5.26 Å². The number of nitrogens with one attached hydrogen (secondary N) is 1. The molecular weight excluding hydrogens is 372 g/mol. The summed E-state index contributed by atoms with van der Waals surface area (Å²) in [5, 5.41) is 16.6. The molecule has 0 bridgehead atoms. The maximum absolute atomic E-state index is 13.1. The predicted octanol–water partition coefficient (Wildman–Crippen LogP) is 4.65. The Bertz CT molecular complexity index is 1220. The molecule has 0 aliphatic rings. The van der Waals surface area contributed by atoms with Crippen molar-refractivity contribution in [2.45, 2.75) is 13.5 Å². The Morgan fingerprint density at radius 3 is 2.40 bits per heavy atom. The minimum atomic E-state index is -0.195. The summed E-state index contributed by atoms with van der Waals surface area (Å²) in [6.45, 7) is 2.38. The lowest BCUT2D eigenvalue weighted by atomic mass is 10.0. The number of nitriles is 1. The molecule has 1 amide bonds. The highest BCUT2D eigenvalue weighted by Gasteiger charge is 2.19. The standard InChI is InChI=1S/C25H20N4O/c1-18-7-5-6-10-22(18)24-23(17-29(28-24)21-8-3-2-4-9-21)25(30)27-16-20-13-11-19(15-26)12-14-20/h2-14,17H,16H2,1H3,(H,27,30). The second-order valence-corrected chi connectivity index (χ2v) is 6.98. The molecule has 4 aromatic rings. The van der Waals surface area contributed by atoms with Gasteiger partial charge in [0, 0.05) is 18.3 Å². The monoisotopic (exact) mass is 392 g/mol. The van der Waals surface area contributed by atoms with Gasteiger partial charge in [-0.1, -0.05) is 54.6 Å². The number of amides is 1. The molecule has 1 N–H and O–H groups in total. The summed E-state index contributed by atoms with van der Waals surface area (Å²) in [5.41, 5.74) is 5.55. The molecule has 0 aliphatic carbocycles. The molecule has 30 heavy (non-hydrogen) atoms. The van der Waals surface area contributed by atoms with Crippen LogP contribution in [0.4, 0.5) is 0 Å². The van der Waals surface area contributed by atoms with Crippen molar-refractivity contribution in [2.24, 2.45) is 0 Å². The van der Waals surface area contributed by atoms with E-state index in [1.165, 1.54) is 0 Å². The Balaban J connectivity index is 1.66. The van der Waals surface area contributed by atoms with Crippen LogP contribution in [0.2, 0.25) is 0 Å². The van der Waals surface area contributed by atoms with Gasteiger partial charge in [0.2, 0.25) is 0 Å². The van der Waals surface area contributed by atoms with Crippen LogP contribution in [0.25, 0.3) is 16.9 Å². The number of aryl methyl sites for hydroxylation is 1. The summed E-state index contributed by atoms with van der Waals surface area (Å²) in [6.07, 6.45) is 1.77. The average molecular weight is 392 g/mol. The third kappa shape index (κ3) is 3.98. The molecule has 0 spiro atoms. The minimum absolute atomic E-state index is 0.195. The zero-order chi connectivity index (χ0) is 20.9. The van der Waals surface area contributed by atoms with Crippen molar-refractivity contribution in [3.8, 4) is 23.0 Å². The second-order valence-electron chi connectivity index (χ2n) is 6.98. The lowest BCUT2D eigenvalue weighted by Crippen LogP contribution is -2.23. The van der Waals surface area contributed by atoms with E-state index in [-0.39, 0.29) is 5.91 Å². The SMILES string of the molecule is Cc1ccccc1-c1nn(-c2ccccc2)cc1C(=O)NCc1ccc(C#N)cc1. The van der Waals surface area contributed by atoms with Crippen LogP contribution in [0.3, 0.4) is 0 Å². The third-order valence-electron chi connectivity index (χ3n) is 4.92. The summed E-state index contributed by atoms with van der Waals surface area (Å²) < 4.78 is 1.73. The van der Waals surface area contributed by atoms with E-state index in [0.29, 0.717) is 23.4 Å². The second kappa shape index (κ2) is 8.46. The number of nitrogens with zero attached hydrogens (tertiary/aromatic N) is 3. The van der Waals surface area contributed by atoms with Crippen LogP contribution in [-0.2, 0) is 6.54 Å². The van der Waals surface area contributed by atoms with Crippen LogP contribution in [0.5, 0.6) is 0 Å². The van der Waals surface area contributed by atoms with Crippen LogP contribution < -0.4 is 5.32 Å². The number of hydrogen-bond donors (Lipinski definition) is 1. The number of carbonyl (C=O) groups is 1. The highest BCUT2D eigenvalue weighted by molar-refractivity contribution is 6.00. The summed E-state index contributed by atoms with van der Waals surface area (Å²) in [6, 6.07) is 26.9. The van der Waals surface area contributed by atoms with E-state index >= 15 is 0 Å². The lowest BCUT2D eigenvalue weighted by Gasteiger charge is -2.07. The van der Waals surface area contributed by atoms with Gasteiger partial charge in [-0.25, -0.2) is 4.68 Å². The minimum Gasteiger partial charge on any atom is -0.348 e. The van der Waals surface area contributed by atoms with Gasteiger partial charge < -0.3 is 5.32 Å². The quantitative estimate of drug-likeness (QED) is 0.537. The first-order chi connectivity index (χ1) is 14.7. The molecular formula is C25H20N4O. The number of hydrogen-bond acceptors (Lipinski definition) is 3. The van der Waals surface area contributed by atoms with Gasteiger partial charge in [0.1, 0.15) is 5.69 Å². The summed E-state index contributed by atoms with van der Waals surface area (Å²) in [4.78, 5) is 13.1. The van der Waals surface area contributed by atoms with Crippen molar-refractivity contribution in [3.63, 3.8) is 0 Å². The maximum atomic E-state index is 13.1. The van der Waals surface area contributed by atoms with Gasteiger partial charge >= 0.3 is 0 Å². The molecule has 1 aromatic heterocycles. The summed E-state index contributed by atoms with van der Waals surface area (Å²) in [5.74, 6) is -0.195. The Labute approximate surface area is 175 Å². The van der Waals surface area contributed by atoms with Gasteiger partial charge in [0.15, 0.2) is 0 Å². The van der Waals surface area contributed by atoms with E-state index in [1.54, 1.807) is 23.0 Å². The van der Waals surface area contributed by atoms with Crippen molar-refractivity contribution in [1.82, 2.24) is 15.1 Å². The zero-order valence-corrected chi connectivity index (χ0v) is 16.5. The molecule has 146 valence electrons. The number of benzene rings is 3.